The first-order valence-corrected chi connectivity index (χ1v) is 3.37. The first-order chi connectivity index (χ1) is 5.29. The van der Waals surface area contributed by atoms with Crippen LogP contribution in [-0.4, -0.2) is 15.2 Å². The lowest BCUT2D eigenvalue weighted by atomic mass is 10.3. The summed E-state index contributed by atoms with van der Waals surface area (Å²) in [4.78, 5) is 14.8. The smallest absolute Gasteiger partial charge is 0.274 e. The van der Waals surface area contributed by atoms with Crippen LogP contribution in [0.25, 0.3) is 10.9 Å². The Labute approximate surface area is 66.2 Å². The maximum absolute atomic E-state index is 11.0. The quantitative estimate of drug-likeness (QED) is 0.576. The van der Waals surface area contributed by atoms with E-state index in [0.29, 0.717) is 10.9 Å². The predicted molar refractivity (Wildman–Crippen MR) is 41.7 cm³/mol. The van der Waals surface area contributed by atoms with E-state index in [1.807, 2.05) is 0 Å². The maximum Gasteiger partial charge on any atom is 0.274 e. The molecule has 5 heteroatoms. The van der Waals surface area contributed by atoms with Gasteiger partial charge in [-0.15, -0.1) is 0 Å². The van der Waals surface area contributed by atoms with Crippen LogP contribution < -0.4 is 5.56 Å². The fourth-order valence-corrected chi connectivity index (χ4v) is 1.19. The topological polar surface area (TPSA) is 61.5 Å². The number of H-pyrrole nitrogens is 2. The van der Waals surface area contributed by atoms with Crippen molar-refractivity contribution in [1.29, 1.82) is 0 Å². The monoisotopic (exact) mass is 169 g/mol. The summed E-state index contributed by atoms with van der Waals surface area (Å²) in [5, 5.41) is 5.72. The summed E-state index contributed by atoms with van der Waals surface area (Å²) in [5.74, 6) is 0. The van der Waals surface area contributed by atoms with Crippen molar-refractivity contribution in [3.63, 3.8) is 0 Å². The van der Waals surface area contributed by atoms with Gasteiger partial charge in [0.05, 0.1) is 5.52 Å². The van der Waals surface area contributed by atoms with Crippen LogP contribution in [0.1, 0.15) is 0 Å². The van der Waals surface area contributed by atoms with Crippen LogP contribution in [-0.2, 0) is 0 Å². The van der Waals surface area contributed by atoms with Crippen molar-refractivity contribution in [3.8, 4) is 0 Å². The fourth-order valence-electron chi connectivity index (χ4n) is 0.943. The molecule has 0 unspecified atom stereocenters. The first kappa shape index (κ1) is 6.42. The third-order valence-electron chi connectivity index (χ3n) is 1.44. The van der Waals surface area contributed by atoms with Crippen molar-refractivity contribution in [3.05, 3.63) is 27.8 Å². The Bertz CT molecular complexity index is 444. The van der Waals surface area contributed by atoms with Gasteiger partial charge < -0.3 is 0 Å². The van der Waals surface area contributed by atoms with Gasteiger partial charge in [-0.3, -0.25) is 15.0 Å². The summed E-state index contributed by atoms with van der Waals surface area (Å²) in [6.07, 6.45) is 1.54. The first-order valence-electron chi connectivity index (χ1n) is 3.00. The van der Waals surface area contributed by atoms with Crippen molar-refractivity contribution in [2.45, 2.75) is 0 Å². The lowest BCUT2D eigenvalue weighted by molar-refractivity contribution is 1.08. The van der Waals surface area contributed by atoms with Crippen molar-refractivity contribution in [2.24, 2.45) is 0 Å². The van der Waals surface area contributed by atoms with Gasteiger partial charge in [-0.1, -0.05) is 11.6 Å². The van der Waals surface area contributed by atoms with Crippen LogP contribution in [0.2, 0.25) is 5.15 Å². The van der Waals surface area contributed by atoms with Crippen LogP contribution in [0, 0.1) is 0 Å². The molecule has 0 saturated carbocycles. The molecule has 2 N–H and O–H groups in total. The van der Waals surface area contributed by atoms with Gasteiger partial charge in [0.2, 0.25) is 0 Å². The highest BCUT2D eigenvalue weighted by atomic mass is 35.5. The molecule has 2 heterocycles. The Hall–Kier alpha value is -1.29. The van der Waals surface area contributed by atoms with E-state index in [4.69, 9.17) is 11.6 Å². The average molecular weight is 170 g/mol. The second kappa shape index (κ2) is 2.10. The minimum Gasteiger partial charge on any atom is -0.297 e. The largest absolute Gasteiger partial charge is 0.297 e. The highest BCUT2D eigenvalue weighted by Crippen LogP contribution is 2.13. The molecule has 11 heavy (non-hydrogen) atoms. The lowest BCUT2D eigenvalue weighted by Crippen LogP contribution is -1.98. The number of aromatic amines is 2. The number of hydrogen-bond donors (Lipinski definition) is 2. The molecule has 2 aromatic rings. The molecular weight excluding hydrogens is 166 g/mol. The van der Waals surface area contributed by atoms with Crippen molar-refractivity contribution < 1.29 is 0 Å². The SMILES string of the molecule is O=c1[nH][nH]c2ccnc(Cl)c12. The summed E-state index contributed by atoms with van der Waals surface area (Å²) in [6.45, 7) is 0. The Morgan fingerprint density at radius 2 is 2.27 bits per heavy atom. The number of fused-ring (bicyclic) bond motifs is 1. The van der Waals surface area contributed by atoms with Gasteiger partial charge in [0.1, 0.15) is 10.5 Å². The van der Waals surface area contributed by atoms with Gasteiger partial charge in [-0.25, -0.2) is 4.98 Å². The van der Waals surface area contributed by atoms with Crippen LogP contribution in [0.3, 0.4) is 0 Å². The van der Waals surface area contributed by atoms with Crippen LogP contribution in [0.4, 0.5) is 0 Å². The number of halogens is 1. The summed E-state index contributed by atoms with van der Waals surface area (Å²) in [7, 11) is 0. The average Bonchev–Trinajstić information content (AvgIpc) is 2.34. The second-order valence-corrected chi connectivity index (χ2v) is 2.46. The molecule has 0 fully saturated rings. The highest BCUT2D eigenvalue weighted by molar-refractivity contribution is 6.33. The van der Waals surface area contributed by atoms with E-state index in [9.17, 15) is 4.79 Å². The molecule has 0 radical (unpaired) electrons. The molecule has 0 aliphatic rings. The predicted octanol–water partition coefficient (Wildman–Crippen LogP) is 0.905. The molecule has 0 amide bonds. The summed E-state index contributed by atoms with van der Waals surface area (Å²) >= 11 is 5.65. The van der Waals surface area contributed by atoms with Crippen LogP contribution in [0.15, 0.2) is 17.1 Å². The number of aromatic nitrogens is 3. The molecule has 0 aliphatic carbocycles. The maximum atomic E-state index is 11.0. The highest BCUT2D eigenvalue weighted by Gasteiger charge is 2.04. The van der Waals surface area contributed by atoms with Gasteiger partial charge in [-0.2, -0.15) is 0 Å². The van der Waals surface area contributed by atoms with Gasteiger partial charge >= 0.3 is 0 Å². The minimum atomic E-state index is -0.238. The fraction of sp³-hybridized carbons (Fsp3) is 0. The number of rotatable bonds is 0. The van der Waals surface area contributed by atoms with Gasteiger partial charge in [0.15, 0.2) is 0 Å². The lowest BCUT2D eigenvalue weighted by Gasteiger charge is -1.87. The third-order valence-corrected chi connectivity index (χ3v) is 1.73. The van der Waals surface area contributed by atoms with Crippen molar-refractivity contribution in [1.82, 2.24) is 15.2 Å². The molecule has 2 rings (SSSR count). The number of nitrogens with one attached hydrogen (secondary N) is 2. The standard InChI is InChI=1S/C6H4ClN3O/c7-5-4-3(1-2-8-5)9-10-6(4)11/h1-2H,(H2,9,10,11). The van der Waals surface area contributed by atoms with E-state index in [1.165, 1.54) is 6.20 Å². The van der Waals surface area contributed by atoms with Gasteiger partial charge in [0, 0.05) is 6.20 Å². The number of pyridine rings is 1. The molecule has 0 aliphatic heterocycles. The normalized spacial score (nSPS) is 10.6. The zero-order valence-corrected chi connectivity index (χ0v) is 6.14. The molecule has 0 spiro atoms. The molecular formula is C6H4ClN3O. The Kier molecular flexibility index (Phi) is 1.22. The molecule has 0 aromatic carbocycles. The molecule has 0 saturated heterocycles. The third kappa shape index (κ3) is 0.832. The molecule has 56 valence electrons. The molecule has 4 nitrogen and oxygen atoms in total. The van der Waals surface area contributed by atoms with E-state index >= 15 is 0 Å². The molecule has 2 aromatic heterocycles. The van der Waals surface area contributed by atoms with E-state index in [2.05, 4.69) is 15.2 Å². The van der Waals surface area contributed by atoms with Crippen molar-refractivity contribution >= 4 is 22.5 Å². The Balaban J connectivity index is 3.08. The van der Waals surface area contributed by atoms with Crippen molar-refractivity contribution in [2.75, 3.05) is 0 Å². The summed E-state index contributed by atoms with van der Waals surface area (Å²) < 4.78 is 0. The van der Waals surface area contributed by atoms with Gasteiger partial charge in [0.25, 0.3) is 5.56 Å². The van der Waals surface area contributed by atoms with E-state index in [1.54, 1.807) is 6.07 Å². The summed E-state index contributed by atoms with van der Waals surface area (Å²) in [6, 6.07) is 1.68. The van der Waals surface area contributed by atoms with Crippen LogP contribution >= 0.6 is 11.6 Å². The minimum absolute atomic E-state index is 0.227. The zero-order chi connectivity index (χ0) is 7.84. The summed E-state index contributed by atoms with van der Waals surface area (Å²) in [5.41, 5.74) is 0.438. The zero-order valence-electron chi connectivity index (χ0n) is 5.39. The Morgan fingerprint density at radius 1 is 1.45 bits per heavy atom. The Morgan fingerprint density at radius 3 is 3.00 bits per heavy atom. The van der Waals surface area contributed by atoms with E-state index < -0.39 is 0 Å². The van der Waals surface area contributed by atoms with E-state index in [0.717, 1.165) is 0 Å². The van der Waals surface area contributed by atoms with Gasteiger partial charge in [-0.05, 0) is 6.07 Å². The van der Waals surface area contributed by atoms with Crippen LogP contribution in [0.5, 0.6) is 0 Å². The number of hydrogen-bond acceptors (Lipinski definition) is 2. The second-order valence-electron chi connectivity index (χ2n) is 2.10. The van der Waals surface area contributed by atoms with E-state index in [-0.39, 0.29) is 10.7 Å². The number of nitrogens with zero attached hydrogens (tertiary/aromatic N) is 1. The molecule has 0 bridgehead atoms. The molecule has 0 atom stereocenters.